The van der Waals surface area contributed by atoms with E-state index in [0.717, 1.165) is 22.0 Å². The van der Waals surface area contributed by atoms with E-state index in [9.17, 15) is 4.79 Å². The van der Waals surface area contributed by atoms with Gasteiger partial charge in [0.15, 0.2) is 5.82 Å². The number of fused-ring (bicyclic) bond motifs is 1. The maximum absolute atomic E-state index is 13.1. The van der Waals surface area contributed by atoms with Crippen molar-refractivity contribution in [2.45, 2.75) is 0 Å². The van der Waals surface area contributed by atoms with Crippen LogP contribution in [0.2, 0.25) is 10.0 Å². The van der Waals surface area contributed by atoms with Gasteiger partial charge >= 0.3 is 0 Å². The first-order chi connectivity index (χ1) is 15.6. The predicted molar refractivity (Wildman–Crippen MR) is 129 cm³/mol. The lowest BCUT2D eigenvalue weighted by Gasteiger charge is -2.07. The minimum absolute atomic E-state index is 0.0443. The number of nitrogens with one attached hydrogen (secondary N) is 1. The molecule has 0 aliphatic rings. The van der Waals surface area contributed by atoms with Crippen LogP contribution in [-0.4, -0.2) is 20.7 Å². The summed E-state index contributed by atoms with van der Waals surface area (Å²) >= 11 is 12.2. The van der Waals surface area contributed by atoms with Crippen LogP contribution in [0.25, 0.3) is 27.8 Å². The van der Waals surface area contributed by atoms with Crippen molar-refractivity contribution in [1.82, 2.24) is 14.8 Å². The van der Waals surface area contributed by atoms with E-state index in [4.69, 9.17) is 23.2 Å². The summed E-state index contributed by atoms with van der Waals surface area (Å²) in [5.74, 6) is 0.137. The Hall–Kier alpha value is -3.67. The number of benzene rings is 4. The Bertz CT molecular complexity index is 1440. The average Bonchev–Trinajstić information content (AvgIpc) is 3.26. The van der Waals surface area contributed by atoms with Crippen LogP contribution in [0.15, 0.2) is 91.0 Å². The molecule has 1 heterocycles. The van der Waals surface area contributed by atoms with Crippen LogP contribution in [-0.2, 0) is 0 Å². The van der Waals surface area contributed by atoms with Gasteiger partial charge in [-0.3, -0.25) is 4.79 Å². The minimum atomic E-state index is -0.405. The molecule has 0 saturated carbocycles. The van der Waals surface area contributed by atoms with Gasteiger partial charge in [0.05, 0.1) is 5.69 Å². The van der Waals surface area contributed by atoms with Gasteiger partial charge in [0.2, 0.25) is 5.82 Å². The lowest BCUT2D eigenvalue weighted by molar-refractivity contribution is 0.101. The van der Waals surface area contributed by atoms with Gasteiger partial charge in [-0.1, -0.05) is 71.7 Å². The second-order valence-corrected chi connectivity index (χ2v) is 8.01. The third-order valence-corrected chi connectivity index (χ3v) is 5.49. The Kier molecular flexibility index (Phi) is 5.35. The lowest BCUT2D eigenvalue weighted by Crippen LogP contribution is -2.14. The molecular weight excluding hydrogens is 443 g/mol. The van der Waals surface area contributed by atoms with Crippen LogP contribution in [0, 0.1) is 0 Å². The summed E-state index contributed by atoms with van der Waals surface area (Å²) in [6, 6.07) is 28.0. The van der Waals surface area contributed by atoms with Crippen molar-refractivity contribution in [2.24, 2.45) is 0 Å². The molecule has 32 heavy (non-hydrogen) atoms. The zero-order chi connectivity index (χ0) is 22.1. The third-order valence-electron chi connectivity index (χ3n) is 5.00. The molecule has 0 fully saturated rings. The zero-order valence-corrected chi connectivity index (χ0v) is 18.2. The molecule has 5 rings (SSSR count). The fraction of sp³-hybridized carbons (Fsp3) is 0. The second-order valence-electron chi connectivity index (χ2n) is 7.14. The van der Waals surface area contributed by atoms with Crippen LogP contribution in [0.3, 0.4) is 0 Å². The first-order valence-corrected chi connectivity index (χ1v) is 10.6. The fourth-order valence-electron chi connectivity index (χ4n) is 3.50. The molecule has 0 aliphatic heterocycles. The number of hydrogen-bond donors (Lipinski definition) is 1. The van der Waals surface area contributed by atoms with E-state index in [1.165, 1.54) is 0 Å². The number of rotatable bonds is 4. The molecular formula is C25H16Cl2N4O. The van der Waals surface area contributed by atoms with E-state index in [1.54, 1.807) is 28.9 Å². The van der Waals surface area contributed by atoms with Crippen molar-refractivity contribution < 1.29 is 4.79 Å². The number of carbonyl (C=O) groups is 1. The smallest absolute Gasteiger partial charge is 0.295 e. The predicted octanol–water partition coefficient (Wildman–Crippen LogP) is 6.65. The fourth-order valence-corrected chi connectivity index (χ4v) is 3.81. The number of anilines is 1. The molecule has 0 spiro atoms. The van der Waals surface area contributed by atoms with Crippen molar-refractivity contribution in [3.8, 4) is 17.1 Å². The van der Waals surface area contributed by atoms with E-state index in [-0.39, 0.29) is 5.82 Å². The Morgan fingerprint density at radius 1 is 0.812 bits per heavy atom. The Morgan fingerprint density at radius 3 is 2.38 bits per heavy atom. The molecule has 1 N–H and O–H groups in total. The van der Waals surface area contributed by atoms with Gasteiger partial charge in [0.1, 0.15) is 0 Å². The highest BCUT2D eigenvalue weighted by molar-refractivity contribution is 6.31. The van der Waals surface area contributed by atoms with Gasteiger partial charge in [0, 0.05) is 26.7 Å². The highest BCUT2D eigenvalue weighted by Gasteiger charge is 2.20. The maximum atomic E-state index is 13.1. The maximum Gasteiger partial charge on any atom is 0.295 e. The molecule has 5 nitrogen and oxygen atoms in total. The van der Waals surface area contributed by atoms with E-state index < -0.39 is 5.91 Å². The summed E-state index contributed by atoms with van der Waals surface area (Å²) in [4.78, 5) is 17.7. The number of hydrogen-bond acceptors (Lipinski definition) is 3. The minimum Gasteiger partial charge on any atom is -0.319 e. The monoisotopic (exact) mass is 458 g/mol. The van der Waals surface area contributed by atoms with Gasteiger partial charge in [-0.15, -0.1) is 5.10 Å². The van der Waals surface area contributed by atoms with Crippen molar-refractivity contribution in [3.05, 3.63) is 107 Å². The Balaban J connectivity index is 1.57. The van der Waals surface area contributed by atoms with Gasteiger partial charge in [0.25, 0.3) is 5.91 Å². The highest BCUT2D eigenvalue weighted by atomic mass is 35.5. The SMILES string of the molecule is O=C(Nc1cccc2ccccc12)c1nc(-c2cccc(Cl)c2)n(-c2ccc(Cl)cc2)n1. The van der Waals surface area contributed by atoms with Crippen LogP contribution in [0.1, 0.15) is 10.6 Å². The summed E-state index contributed by atoms with van der Waals surface area (Å²) in [5.41, 5.74) is 2.16. The largest absolute Gasteiger partial charge is 0.319 e. The molecule has 0 saturated heterocycles. The van der Waals surface area contributed by atoms with E-state index in [2.05, 4.69) is 15.4 Å². The van der Waals surface area contributed by atoms with Crippen molar-refractivity contribution >= 4 is 45.6 Å². The van der Waals surface area contributed by atoms with Crippen molar-refractivity contribution in [2.75, 3.05) is 5.32 Å². The molecule has 4 aromatic carbocycles. The van der Waals surface area contributed by atoms with Crippen molar-refractivity contribution in [3.63, 3.8) is 0 Å². The summed E-state index contributed by atoms with van der Waals surface area (Å²) in [6.07, 6.45) is 0. The molecule has 1 aromatic heterocycles. The van der Waals surface area contributed by atoms with Crippen LogP contribution < -0.4 is 5.32 Å². The molecule has 0 bridgehead atoms. The van der Waals surface area contributed by atoms with Crippen molar-refractivity contribution in [1.29, 1.82) is 0 Å². The summed E-state index contributed by atoms with van der Waals surface area (Å²) < 4.78 is 1.61. The van der Waals surface area contributed by atoms with E-state index >= 15 is 0 Å². The normalized spacial score (nSPS) is 10.9. The van der Waals surface area contributed by atoms with E-state index in [0.29, 0.717) is 21.6 Å². The Morgan fingerprint density at radius 2 is 1.56 bits per heavy atom. The number of aromatic nitrogens is 3. The Labute approximate surface area is 194 Å². The molecule has 156 valence electrons. The topological polar surface area (TPSA) is 59.8 Å². The number of halogens is 2. The molecule has 0 atom stereocenters. The zero-order valence-electron chi connectivity index (χ0n) is 16.7. The highest BCUT2D eigenvalue weighted by Crippen LogP contribution is 2.26. The van der Waals surface area contributed by atoms with Crippen LogP contribution in [0.5, 0.6) is 0 Å². The number of nitrogens with zero attached hydrogens (tertiary/aromatic N) is 3. The quantitative estimate of drug-likeness (QED) is 0.328. The van der Waals surface area contributed by atoms with Gasteiger partial charge < -0.3 is 5.32 Å². The lowest BCUT2D eigenvalue weighted by atomic mass is 10.1. The molecule has 0 radical (unpaired) electrons. The summed E-state index contributed by atoms with van der Waals surface area (Å²) in [6.45, 7) is 0. The van der Waals surface area contributed by atoms with Crippen LogP contribution >= 0.6 is 23.2 Å². The third kappa shape index (κ3) is 3.96. The first kappa shape index (κ1) is 20.2. The molecule has 0 unspecified atom stereocenters. The van der Waals surface area contributed by atoms with Gasteiger partial charge in [-0.25, -0.2) is 9.67 Å². The number of carbonyl (C=O) groups excluding carboxylic acids is 1. The second kappa shape index (κ2) is 8.46. The summed E-state index contributed by atoms with van der Waals surface area (Å²) in [7, 11) is 0. The molecule has 5 aromatic rings. The molecule has 0 aliphatic carbocycles. The van der Waals surface area contributed by atoms with Gasteiger partial charge in [-0.2, -0.15) is 0 Å². The molecule has 1 amide bonds. The first-order valence-electron chi connectivity index (χ1n) is 9.86. The standard InChI is InChI=1S/C25H16Cl2N4O/c26-18-11-13-20(14-12-18)31-24(17-7-3-8-19(27)15-17)29-23(30-31)25(32)28-22-10-4-6-16-5-1-2-9-21(16)22/h1-15H,(H,28,32). The van der Waals surface area contributed by atoms with E-state index in [1.807, 2.05) is 66.7 Å². The molecule has 7 heteroatoms. The van der Waals surface area contributed by atoms with Crippen LogP contribution in [0.4, 0.5) is 5.69 Å². The summed E-state index contributed by atoms with van der Waals surface area (Å²) in [5, 5.41) is 10.6. The average molecular weight is 459 g/mol. The van der Waals surface area contributed by atoms with Gasteiger partial charge in [-0.05, 0) is 47.9 Å². The number of amides is 1.